The highest BCUT2D eigenvalue weighted by Gasteiger charge is 2.33. The standard InChI is InChI=1S/C28H30Cl3N3O5S/c1-4-25(28(36)32-5-2)33(17-19-11-13-22(29)23(30)15-19)27(35)18-34(20-12-14-26(39-3)24(31)16-20)40(37,38)21-9-7-6-8-10-21/h6-16,25H,4-5,17-18H2,1-3H3,(H,32,36). The number of sulfonamides is 1. The summed E-state index contributed by atoms with van der Waals surface area (Å²) in [4.78, 5) is 28.3. The minimum Gasteiger partial charge on any atom is -0.495 e. The number of halogens is 3. The monoisotopic (exact) mass is 625 g/mol. The van der Waals surface area contributed by atoms with Gasteiger partial charge in [-0.2, -0.15) is 0 Å². The molecule has 0 aliphatic carbocycles. The van der Waals surface area contributed by atoms with Crippen LogP contribution in [-0.4, -0.2) is 51.4 Å². The summed E-state index contributed by atoms with van der Waals surface area (Å²) in [6.07, 6.45) is 0.290. The first-order valence-corrected chi connectivity index (χ1v) is 15.0. The van der Waals surface area contributed by atoms with Crippen LogP contribution in [-0.2, 0) is 26.2 Å². The molecule has 1 atom stereocenters. The molecule has 2 amide bonds. The van der Waals surface area contributed by atoms with Gasteiger partial charge < -0.3 is 15.0 Å². The predicted molar refractivity (Wildman–Crippen MR) is 159 cm³/mol. The zero-order chi connectivity index (χ0) is 29.4. The Morgan fingerprint density at radius 3 is 2.20 bits per heavy atom. The first-order chi connectivity index (χ1) is 19.0. The molecule has 3 aromatic carbocycles. The average molecular weight is 627 g/mol. The van der Waals surface area contributed by atoms with E-state index >= 15 is 0 Å². The average Bonchev–Trinajstić information content (AvgIpc) is 2.94. The number of benzene rings is 3. The van der Waals surface area contributed by atoms with Crippen molar-refractivity contribution >= 4 is 62.3 Å². The number of nitrogens with one attached hydrogen (secondary N) is 1. The summed E-state index contributed by atoms with van der Waals surface area (Å²) in [6.45, 7) is 3.31. The summed E-state index contributed by atoms with van der Waals surface area (Å²) < 4.78 is 33.9. The van der Waals surface area contributed by atoms with E-state index in [1.54, 1.807) is 50.2 Å². The van der Waals surface area contributed by atoms with E-state index < -0.39 is 28.5 Å². The van der Waals surface area contributed by atoms with Crippen molar-refractivity contribution in [3.63, 3.8) is 0 Å². The fraction of sp³-hybridized carbons (Fsp3) is 0.286. The Morgan fingerprint density at radius 2 is 1.62 bits per heavy atom. The van der Waals surface area contributed by atoms with Gasteiger partial charge in [-0.25, -0.2) is 8.42 Å². The molecular weight excluding hydrogens is 597 g/mol. The summed E-state index contributed by atoms with van der Waals surface area (Å²) in [5.74, 6) is -0.615. The lowest BCUT2D eigenvalue weighted by molar-refractivity contribution is -0.140. The lowest BCUT2D eigenvalue weighted by atomic mass is 10.1. The second-order valence-electron chi connectivity index (χ2n) is 8.73. The number of carbonyl (C=O) groups excluding carboxylic acids is 2. The van der Waals surface area contributed by atoms with Crippen LogP contribution in [0.1, 0.15) is 25.8 Å². The Morgan fingerprint density at radius 1 is 0.925 bits per heavy atom. The number of hydrogen-bond donors (Lipinski definition) is 1. The minimum atomic E-state index is -4.22. The van der Waals surface area contributed by atoms with E-state index in [0.717, 1.165) is 4.31 Å². The molecule has 214 valence electrons. The quantitative estimate of drug-likeness (QED) is 0.274. The molecule has 40 heavy (non-hydrogen) atoms. The second-order valence-corrected chi connectivity index (χ2v) is 11.8. The van der Waals surface area contributed by atoms with Gasteiger partial charge in [0.05, 0.1) is 32.8 Å². The number of amides is 2. The van der Waals surface area contributed by atoms with Gasteiger partial charge in [0, 0.05) is 13.1 Å². The Labute approximate surface area is 249 Å². The van der Waals surface area contributed by atoms with Crippen molar-refractivity contribution in [2.45, 2.75) is 37.8 Å². The SMILES string of the molecule is CCNC(=O)C(CC)N(Cc1ccc(Cl)c(Cl)c1)C(=O)CN(c1ccc(OC)c(Cl)c1)S(=O)(=O)c1ccccc1. The second kappa shape index (κ2) is 14.1. The molecule has 3 rings (SSSR count). The summed E-state index contributed by atoms with van der Waals surface area (Å²) in [6, 6.07) is 16.2. The topological polar surface area (TPSA) is 96.0 Å². The van der Waals surface area contributed by atoms with Gasteiger partial charge >= 0.3 is 0 Å². The van der Waals surface area contributed by atoms with Crippen LogP contribution >= 0.6 is 34.8 Å². The molecule has 1 unspecified atom stereocenters. The van der Waals surface area contributed by atoms with Crippen molar-refractivity contribution in [3.8, 4) is 5.75 Å². The molecule has 0 radical (unpaired) electrons. The van der Waals surface area contributed by atoms with Crippen LogP contribution in [0.25, 0.3) is 0 Å². The van der Waals surface area contributed by atoms with Gasteiger partial charge in [-0.3, -0.25) is 13.9 Å². The number of rotatable bonds is 12. The van der Waals surface area contributed by atoms with Crippen LogP contribution < -0.4 is 14.4 Å². The first-order valence-electron chi connectivity index (χ1n) is 12.5. The Kier molecular flexibility index (Phi) is 11.1. The van der Waals surface area contributed by atoms with Gasteiger partial charge in [0.25, 0.3) is 10.0 Å². The van der Waals surface area contributed by atoms with E-state index in [9.17, 15) is 18.0 Å². The van der Waals surface area contributed by atoms with E-state index in [4.69, 9.17) is 39.5 Å². The van der Waals surface area contributed by atoms with E-state index in [1.165, 1.54) is 42.3 Å². The highest BCUT2D eigenvalue weighted by molar-refractivity contribution is 7.92. The van der Waals surface area contributed by atoms with Gasteiger partial charge in [-0.15, -0.1) is 0 Å². The molecule has 0 bridgehead atoms. The zero-order valence-electron chi connectivity index (χ0n) is 22.2. The predicted octanol–water partition coefficient (Wildman–Crippen LogP) is 5.79. The summed E-state index contributed by atoms with van der Waals surface area (Å²) in [7, 11) is -2.78. The molecule has 0 aliphatic rings. The van der Waals surface area contributed by atoms with Crippen molar-refractivity contribution in [1.82, 2.24) is 10.2 Å². The third-order valence-corrected chi connectivity index (χ3v) is 8.93. The normalized spacial score (nSPS) is 11.9. The fourth-order valence-electron chi connectivity index (χ4n) is 4.11. The van der Waals surface area contributed by atoms with Gasteiger partial charge in [0.1, 0.15) is 18.3 Å². The van der Waals surface area contributed by atoms with Crippen LogP contribution in [0.4, 0.5) is 5.69 Å². The summed E-state index contributed by atoms with van der Waals surface area (Å²) >= 11 is 18.6. The maximum Gasteiger partial charge on any atom is 0.264 e. The first kappa shape index (κ1) is 31.5. The molecule has 0 saturated heterocycles. The molecule has 1 N–H and O–H groups in total. The summed E-state index contributed by atoms with van der Waals surface area (Å²) in [5.41, 5.74) is 0.777. The molecule has 12 heteroatoms. The highest BCUT2D eigenvalue weighted by atomic mass is 35.5. The number of anilines is 1. The van der Waals surface area contributed by atoms with Crippen LogP contribution in [0.15, 0.2) is 71.6 Å². The number of hydrogen-bond acceptors (Lipinski definition) is 5. The Bertz CT molecular complexity index is 1450. The largest absolute Gasteiger partial charge is 0.495 e. The lowest BCUT2D eigenvalue weighted by Gasteiger charge is -2.33. The lowest BCUT2D eigenvalue weighted by Crippen LogP contribution is -2.52. The number of carbonyl (C=O) groups is 2. The van der Waals surface area contributed by atoms with Crippen molar-refractivity contribution in [2.24, 2.45) is 0 Å². The molecule has 3 aromatic rings. The maximum atomic E-state index is 14.0. The van der Waals surface area contributed by atoms with Crippen LogP contribution in [0.2, 0.25) is 15.1 Å². The minimum absolute atomic E-state index is 0.00600. The molecule has 0 heterocycles. The van der Waals surface area contributed by atoms with Crippen LogP contribution in [0.3, 0.4) is 0 Å². The fourth-order valence-corrected chi connectivity index (χ4v) is 6.10. The van der Waals surface area contributed by atoms with Gasteiger partial charge in [0.2, 0.25) is 11.8 Å². The number of methoxy groups -OCH3 is 1. The van der Waals surface area contributed by atoms with E-state index in [2.05, 4.69) is 5.32 Å². The molecule has 0 saturated carbocycles. The highest BCUT2D eigenvalue weighted by Crippen LogP contribution is 2.32. The molecule has 0 aliphatic heterocycles. The molecular formula is C28H30Cl3N3O5S. The van der Waals surface area contributed by atoms with E-state index in [-0.39, 0.29) is 28.1 Å². The third-order valence-electron chi connectivity index (χ3n) is 6.11. The van der Waals surface area contributed by atoms with E-state index in [0.29, 0.717) is 34.3 Å². The zero-order valence-corrected chi connectivity index (χ0v) is 25.3. The van der Waals surface area contributed by atoms with Crippen LogP contribution in [0.5, 0.6) is 5.75 Å². The molecule has 0 spiro atoms. The Hall–Kier alpha value is -2.98. The van der Waals surface area contributed by atoms with E-state index in [1.807, 2.05) is 0 Å². The maximum absolute atomic E-state index is 14.0. The molecule has 0 aromatic heterocycles. The third kappa shape index (κ3) is 7.40. The summed E-state index contributed by atoms with van der Waals surface area (Å²) in [5, 5.41) is 3.56. The Balaban J connectivity index is 2.09. The van der Waals surface area contributed by atoms with Gasteiger partial charge in [-0.1, -0.05) is 66.0 Å². The van der Waals surface area contributed by atoms with Crippen molar-refractivity contribution < 1.29 is 22.7 Å². The molecule has 0 fully saturated rings. The van der Waals surface area contributed by atoms with Gasteiger partial charge in [0.15, 0.2) is 0 Å². The van der Waals surface area contributed by atoms with Crippen LogP contribution in [0, 0.1) is 0 Å². The number of likely N-dealkylation sites (N-methyl/N-ethyl adjacent to an activating group) is 1. The number of nitrogens with zero attached hydrogens (tertiary/aromatic N) is 2. The van der Waals surface area contributed by atoms with Crippen molar-refractivity contribution in [2.75, 3.05) is 24.5 Å². The molecule has 8 nitrogen and oxygen atoms in total. The number of ether oxygens (including phenoxy) is 1. The van der Waals surface area contributed by atoms with Crippen molar-refractivity contribution in [1.29, 1.82) is 0 Å². The smallest absolute Gasteiger partial charge is 0.264 e. The van der Waals surface area contributed by atoms with Crippen molar-refractivity contribution in [3.05, 3.63) is 87.4 Å². The van der Waals surface area contributed by atoms with Gasteiger partial charge in [-0.05, 0) is 61.4 Å².